The Balaban J connectivity index is 2.27. The first-order valence-corrected chi connectivity index (χ1v) is 7.70. The van der Waals surface area contributed by atoms with E-state index < -0.39 is 0 Å². The monoisotopic (exact) mass is 323 g/mol. The van der Waals surface area contributed by atoms with Gasteiger partial charge in [-0.2, -0.15) is 0 Å². The van der Waals surface area contributed by atoms with Gasteiger partial charge < -0.3 is 5.73 Å². The maximum Gasteiger partial charge on any atom is 0.0544 e. The van der Waals surface area contributed by atoms with Gasteiger partial charge in [0.2, 0.25) is 0 Å². The summed E-state index contributed by atoms with van der Waals surface area (Å²) in [5, 5.41) is 1.36. The molecule has 1 heterocycles. The molecule has 1 atom stereocenters. The molecule has 3 nitrogen and oxygen atoms in total. The van der Waals surface area contributed by atoms with E-state index in [-0.39, 0.29) is 6.04 Å². The lowest BCUT2D eigenvalue weighted by Gasteiger charge is -2.30. The number of aromatic nitrogens is 1. The van der Waals surface area contributed by atoms with Crippen molar-refractivity contribution in [1.82, 2.24) is 9.88 Å². The zero-order valence-electron chi connectivity index (χ0n) is 12.0. The van der Waals surface area contributed by atoms with E-state index in [0.29, 0.717) is 16.6 Å². The maximum absolute atomic E-state index is 6.32. The van der Waals surface area contributed by atoms with Gasteiger partial charge in [0.05, 0.1) is 5.69 Å². The van der Waals surface area contributed by atoms with Crippen molar-refractivity contribution in [2.75, 3.05) is 13.1 Å². The number of benzene rings is 1. The van der Waals surface area contributed by atoms with Crippen LogP contribution in [-0.4, -0.2) is 23.0 Å². The minimum atomic E-state index is 0.0169. The minimum Gasteiger partial charge on any atom is -0.329 e. The number of pyridine rings is 1. The lowest BCUT2D eigenvalue weighted by atomic mass is 10.0. The second kappa shape index (κ2) is 7.76. The fourth-order valence-corrected chi connectivity index (χ4v) is 2.81. The standard InChI is InChI=1S/C16H19Cl2N3/c1-2-21(11-13-5-3-4-8-20-13)16(10-19)14-9-12(17)6-7-15(14)18/h3-9,16H,2,10-11,19H2,1H3. The SMILES string of the molecule is CCN(Cc1ccccn1)C(CN)c1cc(Cl)ccc1Cl. The minimum absolute atomic E-state index is 0.0169. The summed E-state index contributed by atoms with van der Waals surface area (Å²) >= 11 is 12.4. The summed E-state index contributed by atoms with van der Waals surface area (Å²) in [6, 6.07) is 11.4. The summed E-state index contributed by atoms with van der Waals surface area (Å²) in [6.45, 7) is 4.15. The number of halogens is 2. The molecule has 112 valence electrons. The van der Waals surface area contributed by atoms with E-state index in [9.17, 15) is 0 Å². The molecule has 0 aliphatic rings. The number of rotatable bonds is 6. The number of hydrogen-bond donors (Lipinski definition) is 1. The van der Waals surface area contributed by atoms with E-state index in [4.69, 9.17) is 28.9 Å². The molecule has 1 aromatic heterocycles. The molecule has 1 aromatic carbocycles. The zero-order chi connectivity index (χ0) is 15.2. The topological polar surface area (TPSA) is 42.2 Å². The fourth-order valence-electron chi connectivity index (χ4n) is 2.38. The average Bonchev–Trinajstić information content (AvgIpc) is 2.51. The summed E-state index contributed by atoms with van der Waals surface area (Å²) < 4.78 is 0. The lowest BCUT2D eigenvalue weighted by molar-refractivity contribution is 0.201. The van der Waals surface area contributed by atoms with Gasteiger partial charge in [0.25, 0.3) is 0 Å². The van der Waals surface area contributed by atoms with Crippen molar-refractivity contribution in [3.8, 4) is 0 Å². The highest BCUT2D eigenvalue weighted by molar-refractivity contribution is 6.33. The summed E-state index contributed by atoms with van der Waals surface area (Å²) in [7, 11) is 0. The molecule has 1 unspecified atom stereocenters. The molecule has 0 bridgehead atoms. The molecule has 5 heteroatoms. The number of nitrogens with zero attached hydrogens (tertiary/aromatic N) is 2. The van der Waals surface area contributed by atoms with Crippen molar-refractivity contribution in [2.24, 2.45) is 5.73 Å². The molecule has 0 spiro atoms. The molecule has 0 aliphatic carbocycles. The van der Waals surface area contributed by atoms with E-state index in [2.05, 4.69) is 16.8 Å². The van der Waals surface area contributed by atoms with Crippen LogP contribution < -0.4 is 5.73 Å². The van der Waals surface area contributed by atoms with Gasteiger partial charge in [-0.25, -0.2) is 0 Å². The van der Waals surface area contributed by atoms with Crippen molar-refractivity contribution in [2.45, 2.75) is 19.5 Å². The van der Waals surface area contributed by atoms with Crippen molar-refractivity contribution in [1.29, 1.82) is 0 Å². The Morgan fingerprint density at radius 3 is 2.67 bits per heavy atom. The average molecular weight is 324 g/mol. The second-order valence-electron chi connectivity index (χ2n) is 4.80. The van der Waals surface area contributed by atoms with Crippen LogP contribution in [-0.2, 0) is 6.54 Å². The summed E-state index contributed by atoms with van der Waals surface area (Å²) in [5.41, 5.74) is 7.96. The van der Waals surface area contributed by atoms with E-state index in [1.807, 2.05) is 30.3 Å². The van der Waals surface area contributed by atoms with Crippen LogP contribution in [0.25, 0.3) is 0 Å². The Bertz CT molecular complexity index is 575. The van der Waals surface area contributed by atoms with Crippen LogP contribution in [0.4, 0.5) is 0 Å². The smallest absolute Gasteiger partial charge is 0.0544 e. The molecule has 0 fully saturated rings. The molecule has 0 saturated heterocycles. The molecule has 2 aromatic rings. The van der Waals surface area contributed by atoms with Crippen LogP contribution in [0.3, 0.4) is 0 Å². The Morgan fingerprint density at radius 2 is 2.05 bits per heavy atom. The van der Waals surface area contributed by atoms with Crippen molar-refractivity contribution in [3.05, 3.63) is 63.9 Å². The van der Waals surface area contributed by atoms with E-state index in [1.165, 1.54) is 0 Å². The number of nitrogens with two attached hydrogens (primary N) is 1. The number of hydrogen-bond acceptors (Lipinski definition) is 3. The molecular formula is C16H19Cl2N3. The molecule has 0 aliphatic heterocycles. The first-order chi connectivity index (χ1) is 10.2. The third kappa shape index (κ3) is 4.17. The Morgan fingerprint density at radius 1 is 1.24 bits per heavy atom. The Hall–Kier alpha value is -1.13. The van der Waals surface area contributed by atoms with Crippen LogP contribution in [0.15, 0.2) is 42.6 Å². The lowest BCUT2D eigenvalue weighted by Crippen LogP contribution is -2.33. The van der Waals surface area contributed by atoms with Gasteiger partial charge in [-0.15, -0.1) is 0 Å². The predicted octanol–water partition coefficient (Wildman–Crippen LogP) is 3.91. The molecule has 2 rings (SSSR count). The van der Waals surface area contributed by atoms with Gasteiger partial charge >= 0.3 is 0 Å². The van der Waals surface area contributed by atoms with Gasteiger partial charge in [-0.1, -0.05) is 36.2 Å². The predicted molar refractivity (Wildman–Crippen MR) is 88.6 cm³/mol. The normalized spacial score (nSPS) is 12.6. The molecular weight excluding hydrogens is 305 g/mol. The molecule has 2 N–H and O–H groups in total. The summed E-state index contributed by atoms with van der Waals surface area (Å²) in [6.07, 6.45) is 1.80. The van der Waals surface area contributed by atoms with Crippen LogP contribution in [0, 0.1) is 0 Å². The summed E-state index contributed by atoms with van der Waals surface area (Å²) in [5.74, 6) is 0. The highest BCUT2D eigenvalue weighted by atomic mass is 35.5. The van der Waals surface area contributed by atoms with Gasteiger partial charge in [-0.05, 0) is 42.4 Å². The quantitative estimate of drug-likeness (QED) is 0.876. The Kier molecular flexibility index (Phi) is 6.00. The molecule has 0 radical (unpaired) electrons. The molecule has 0 saturated carbocycles. The van der Waals surface area contributed by atoms with Gasteiger partial charge in [0.15, 0.2) is 0 Å². The molecule has 0 amide bonds. The van der Waals surface area contributed by atoms with Crippen molar-refractivity contribution in [3.63, 3.8) is 0 Å². The fraction of sp³-hybridized carbons (Fsp3) is 0.312. The van der Waals surface area contributed by atoms with Crippen LogP contribution >= 0.6 is 23.2 Å². The third-order valence-corrected chi connectivity index (χ3v) is 4.06. The van der Waals surface area contributed by atoms with E-state index >= 15 is 0 Å². The third-order valence-electron chi connectivity index (χ3n) is 3.48. The van der Waals surface area contributed by atoms with Crippen molar-refractivity contribution >= 4 is 23.2 Å². The van der Waals surface area contributed by atoms with E-state index in [1.54, 1.807) is 12.3 Å². The number of likely N-dealkylation sites (N-methyl/N-ethyl adjacent to an activating group) is 1. The first-order valence-electron chi connectivity index (χ1n) is 6.94. The van der Waals surface area contributed by atoms with Gasteiger partial charge in [-0.3, -0.25) is 9.88 Å². The summed E-state index contributed by atoms with van der Waals surface area (Å²) in [4.78, 5) is 6.63. The van der Waals surface area contributed by atoms with Crippen molar-refractivity contribution < 1.29 is 0 Å². The first kappa shape index (κ1) is 16.2. The van der Waals surface area contributed by atoms with E-state index in [0.717, 1.165) is 24.3 Å². The highest BCUT2D eigenvalue weighted by Crippen LogP contribution is 2.30. The van der Waals surface area contributed by atoms with Crippen LogP contribution in [0.5, 0.6) is 0 Å². The zero-order valence-corrected chi connectivity index (χ0v) is 13.5. The maximum atomic E-state index is 6.32. The highest BCUT2D eigenvalue weighted by Gasteiger charge is 2.21. The van der Waals surface area contributed by atoms with Gasteiger partial charge in [0.1, 0.15) is 0 Å². The van der Waals surface area contributed by atoms with Gasteiger partial charge in [0, 0.05) is 35.4 Å². The molecule has 21 heavy (non-hydrogen) atoms. The second-order valence-corrected chi connectivity index (χ2v) is 5.65. The Labute approximate surface area is 135 Å². The van der Waals surface area contributed by atoms with Crippen LogP contribution in [0.1, 0.15) is 24.2 Å². The van der Waals surface area contributed by atoms with Crippen LogP contribution in [0.2, 0.25) is 10.0 Å². The largest absolute Gasteiger partial charge is 0.329 e.